The molecule has 0 saturated carbocycles. The van der Waals surface area contributed by atoms with Gasteiger partial charge in [-0.25, -0.2) is 4.39 Å². The zero-order chi connectivity index (χ0) is 12.0. The van der Waals surface area contributed by atoms with Crippen LogP contribution >= 0.6 is 11.6 Å². The van der Waals surface area contributed by atoms with E-state index in [1.165, 1.54) is 12.1 Å². The summed E-state index contributed by atoms with van der Waals surface area (Å²) in [6.45, 7) is 0.371. The molecule has 0 spiro atoms. The van der Waals surface area contributed by atoms with Crippen LogP contribution in [0.25, 0.3) is 0 Å². The predicted molar refractivity (Wildman–Crippen MR) is 61.7 cm³/mol. The van der Waals surface area contributed by atoms with Gasteiger partial charge in [-0.15, -0.1) is 6.42 Å². The molecule has 84 valence electrons. The van der Waals surface area contributed by atoms with Gasteiger partial charge in [0.15, 0.2) is 0 Å². The summed E-state index contributed by atoms with van der Waals surface area (Å²) in [5.74, 6) is 1.52. The van der Waals surface area contributed by atoms with Gasteiger partial charge in [0, 0.05) is 10.7 Å². The lowest BCUT2D eigenvalue weighted by Gasteiger charge is -2.05. The number of amides is 1. The number of hydrogen-bond donors (Lipinski definition) is 2. The van der Waals surface area contributed by atoms with Gasteiger partial charge in [0.05, 0.1) is 13.1 Å². The average Bonchev–Trinajstić information content (AvgIpc) is 2.16. The maximum Gasteiger partial charge on any atom is 0.238 e. The van der Waals surface area contributed by atoms with E-state index in [4.69, 9.17) is 18.0 Å². The Bertz CT molecular complexity index is 408. The van der Waals surface area contributed by atoms with E-state index < -0.39 is 5.82 Å². The number of nitrogens with one attached hydrogen (secondary N) is 2. The van der Waals surface area contributed by atoms with Crippen molar-refractivity contribution in [3.63, 3.8) is 0 Å². The molecule has 0 saturated heterocycles. The number of carbonyl (C=O) groups is 1. The molecule has 0 unspecified atom stereocenters. The van der Waals surface area contributed by atoms with Crippen molar-refractivity contribution < 1.29 is 9.18 Å². The molecule has 2 N–H and O–H groups in total. The van der Waals surface area contributed by atoms with E-state index in [0.717, 1.165) is 6.07 Å². The first-order chi connectivity index (χ1) is 7.61. The van der Waals surface area contributed by atoms with Crippen LogP contribution in [0.2, 0.25) is 5.02 Å². The van der Waals surface area contributed by atoms with Gasteiger partial charge in [-0.3, -0.25) is 10.1 Å². The molecule has 0 aromatic heterocycles. The van der Waals surface area contributed by atoms with Crippen LogP contribution in [0.3, 0.4) is 0 Å². The topological polar surface area (TPSA) is 41.1 Å². The quantitative estimate of drug-likeness (QED) is 0.621. The SMILES string of the molecule is C#CCNCC(=O)Nc1cc(F)cc(Cl)c1. The molecule has 1 aromatic rings. The number of anilines is 1. The molecule has 0 aliphatic rings. The molecule has 0 heterocycles. The summed E-state index contributed by atoms with van der Waals surface area (Å²) in [5.41, 5.74) is 0.317. The van der Waals surface area contributed by atoms with Gasteiger partial charge in [-0.05, 0) is 18.2 Å². The largest absolute Gasteiger partial charge is 0.325 e. The molecule has 1 rings (SSSR count). The standard InChI is InChI=1S/C11H10ClFN2O/c1-2-3-14-7-11(16)15-10-5-8(12)4-9(13)6-10/h1,4-6,14H,3,7H2,(H,15,16). The first-order valence-corrected chi connectivity index (χ1v) is 4.89. The molecule has 1 aromatic carbocycles. The molecule has 0 fully saturated rings. The van der Waals surface area contributed by atoms with Crippen molar-refractivity contribution in [1.82, 2.24) is 5.32 Å². The minimum absolute atomic E-state index is 0.0678. The Kier molecular flexibility index (Phi) is 4.77. The Labute approximate surface area is 98.0 Å². The molecule has 1 amide bonds. The molecular weight excluding hydrogens is 231 g/mol. The lowest BCUT2D eigenvalue weighted by atomic mass is 10.3. The summed E-state index contributed by atoms with van der Waals surface area (Å²) < 4.78 is 12.9. The van der Waals surface area contributed by atoms with Gasteiger partial charge in [-0.2, -0.15) is 0 Å². The Hall–Kier alpha value is -1.57. The van der Waals surface area contributed by atoms with Gasteiger partial charge >= 0.3 is 0 Å². The zero-order valence-corrected chi connectivity index (χ0v) is 9.14. The second-order valence-corrected chi connectivity index (χ2v) is 3.45. The third kappa shape index (κ3) is 4.30. The molecule has 0 radical (unpaired) electrons. The molecule has 0 aliphatic heterocycles. The average molecular weight is 241 g/mol. The van der Waals surface area contributed by atoms with Crippen molar-refractivity contribution in [2.45, 2.75) is 0 Å². The second kappa shape index (κ2) is 6.11. The van der Waals surface area contributed by atoms with Crippen LogP contribution in [-0.4, -0.2) is 19.0 Å². The molecule has 0 atom stereocenters. The van der Waals surface area contributed by atoms with Gasteiger partial charge in [0.1, 0.15) is 5.82 Å². The number of carbonyl (C=O) groups excluding carboxylic acids is 1. The highest BCUT2D eigenvalue weighted by molar-refractivity contribution is 6.30. The minimum atomic E-state index is -0.501. The summed E-state index contributed by atoms with van der Waals surface area (Å²) in [4.78, 5) is 11.3. The molecule has 5 heteroatoms. The van der Waals surface area contributed by atoms with Crippen molar-refractivity contribution in [3.8, 4) is 12.3 Å². The highest BCUT2D eigenvalue weighted by atomic mass is 35.5. The number of halogens is 2. The van der Waals surface area contributed by atoms with Gasteiger partial charge < -0.3 is 5.32 Å². The van der Waals surface area contributed by atoms with Crippen LogP contribution in [0.4, 0.5) is 10.1 Å². The van der Waals surface area contributed by atoms with Crippen molar-refractivity contribution in [2.24, 2.45) is 0 Å². The van der Waals surface area contributed by atoms with Crippen molar-refractivity contribution in [1.29, 1.82) is 0 Å². The van der Waals surface area contributed by atoms with Crippen LogP contribution in [0.5, 0.6) is 0 Å². The number of rotatable bonds is 4. The van der Waals surface area contributed by atoms with Crippen LogP contribution in [0.1, 0.15) is 0 Å². The number of benzene rings is 1. The third-order valence-corrected chi connectivity index (χ3v) is 1.88. The molecular formula is C11H10ClFN2O. The normalized spacial score (nSPS) is 9.56. The zero-order valence-electron chi connectivity index (χ0n) is 8.39. The number of terminal acetylenes is 1. The lowest BCUT2D eigenvalue weighted by Crippen LogP contribution is -2.28. The van der Waals surface area contributed by atoms with E-state index in [1.54, 1.807) is 0 Å². The van der Waals surface area contributed by atoms with E-state index in [2.05, 4.69) is 16.6 Å². The highest BCUT2D eigenvalue weighted by Gasteiger charge is 2.03. The molecule has 16 heavy (non-hydrogen) atoms. The van der Waals surface area contributed by atoms with E-state index in [0.29, 0.717) is 12.2 Å². The Morgan fingerprint density at radius 2 is 2.25 bits per heavy atom. The van der Waals surface area contributed by atoms with Crippen molar-refractivity contribution >= 4 is 23.2 Å². The fraction of sp³-hybridized carbons (Fsp3) is 0.182. The first-order valence-electron chi connectivity index (χ1n) is 4.52. The maximum absolute atomic E-state index is 12.9. The summed E-state index contributed by atoms with van der Waals surface area (Å²) in [7, 11) is 0. The summed E-state index contributed by atoms with van der Waals surface area (Å²) in [6, 6.07) is 3.81. The summed E-state index contributed by atoms with van der Waals surface area (Å²) in [6.07, 6.45) is 5.00. The monoisotopic (exact) mass is 240 g/mol. The van der Waals surface area contributed by atoms with E-state index in [-0.39, 0.29) is 17.5 Å². The van der Waals surface area contributed by atoms with Gasteiger partial charge in [-0.1, -0.05) is 17.5 Å². The Balaban J connectivity index is 2.53. The molecule has 0 bridgehead atoms. The fourth-order valence-corrected chi connectivity index (χ4v) is 1.30. The first kappa shape index (κ1) is 12.5. The van der Waals surface area contributed by atoms with Gasteiger partial charge in [0.25, 0.3) is 0 Å². The van der Waals surface area contributed by atoms with E-state index in [9.17, 15) is 9.18 Å². The highest BCUT2D eigenvalue weighted by Crippen LogP contribution is 2.17. The molecule has 3 nitrogen and oxygen atoms in total. The van der Waals surface area contributed by atoms with Crippen molar-refractivity contribution in [3.05, 3.63) is 29.0 Å². The second-order valence-electron chi connectivity index (χ2n) is 3.01. The van der Waals surface area contributed by atoms with E-state index >= 15 is 0 Å². The predicted octanol–water partition coefficient (Wildman–Crippen LogP) is 1.64. The van der Waals surface area contributed by atoms with Crippen LogP contribution in [-0.2, 0) is 4.79 Å². The smallest absolute Gasteiger partial charge is 0.238 e. The summed E-state index contributed by atoms with van der Waals surface area (Å²) >= 11 is 5.63. The third-order valence-electron chi connectivity index (χ3n) is 1.66. The van der Waals surface area contributed by atoms with Gasteiger partial charge in [0.2, 0.25) is 5.91 Å². The lowest BCUT2D eigenvalue weighted by molar-refractivity contribution is -0.115. The fourth-order valence-electron chi connectivity index (χ4n) is 1.08. The van der Waals surface area contributed by atoms with Crippen LogP contribution in [0, 0.1) is 18.2 Å². The number of hydrogen-bond acceptors (Lipinski definition) is 2. The maximum atomic E-state index is 12.9. The minimum Gasteiger partial charge on any atom is -0.325 e. The van der Waals surface area contributed by atoms with Crippen molar-refractivity contribution in [2.75, 3.05) is 18.4 Å². The Morgan fingerprint density at radius 1 is 1.50 bits per heavy atom. The summed E-state index contributed by atoms with van der Waals surface area (Å²) in [5, 5.41) is 5.43. The van der Waals surface area contributed by atoms with E-state index in [1.807, 2.05) is 0 Å². The van der Waals surface area contributed by atoms with Crippen LogP contribution < -0.4 is 10.6 Å². The van der Waals surface area contributed by atoms with Crippen LogP contribution in [0.15, 0.2) is 18.2 Å². The Morgan fingerprint density at radius 3 is 2.88 bits per heavy atom. The molecule has 0 aliphatic carbocycles.